The van der Waals surface area contributed by atoms with Gasteiger partial charge < -0.3 is 9.84 Å². The van der Waals surface area contributed by atoms with Gasteiger partial charge in [0.05, 0.1) is 16.6 Å². The summed E-state index contributed by atoms with van der Waals surface area (Å²) in [6, 6.07) is 14.6. The molecule has 0 bridgehead atoms. The van der Waals surface area contributed by atoms with Gasteiger partial charge in [0.25, 0.3) is 5.91 Å². The zero-order chi connectivity index (χ0) is 21.3. The van der Waals surface area contributed by atoms with E-state index in [2.05, 4.69) is 15.6 Å². The van der Waals surface area contributed by atoms with Crippen LogP contribution in [-0.2, 0) is 6.54 Å². The fraction of sp³-hybridized carbons (Fsp3) is 0.0952. The van der Waals surface area contributed by atoms with Crippen molar-refractivity contribution in [3.63, 3.8) is 0 Å². The average Bonchev–Trinajstić information content (AvgIpc) is 3.33. The predicted octanol–water partition coefficient (Wildman–Crippen LogP) is 6.11. The molecule has 4 rings (SSSR count). The second kappa shape index (κ2) is 8.52. The SMILES string of the molecule is Cc1ccc(-c2cc(C(=O)Nc3nn(Cc4ccc(Cl)c(Cl)c4)cc3Cl)no2)cc1. The number of aryl methyl sites for hydroxylation is 1. The first-order valence-electron chi connectivity index (χ1n) is 8.91. The maximum Gasteiger partial charge on any atom is 0.279 e. The van der Waals surface area contributed by atoms with E-state index in [1.165, 1.54) is 0 Å². The Morgan fingerprint density at radius 2 is 1.80 bits per heavy atom. The molecule has 0 aliphatic heterocycles. The second-order valence-corrected chi connectivity index (χ2v) is 7.89. The van der Waals surface area contributed by atoms with Crippen molar-refractivity contribution in [1.29, 1.82) is 0 Å². The van der Waals surface area contributed by atoms with E-state index in [0.29, 0.717) is 27.4 Å². The Balaban J connectivity index is 1.47. The Hall–Kier alpha value is -2.80. The number of amides is 1. The highest BCUT2D eigenvalue weighted by Gasteiger charge is 2.17. The first-order chi connectivity index (χ1) is 14.4. The van der Waals surface area contributed by atoms with Crippen molar-refractivity contribution in [2.45, 2.75) is 13.5 Å². The summed E-state index contributed by atoms with van der Waals surface area (Å²) in [5.74, 6) is 0.247. The molecule has 6 nitrogen and oxygen atoms in total. The minimum atomic E-state index is -0.473. The maximum absolute atomic E-state index is 12.5. The second-order valence-electron chi connectivity index (χ2n) is 6.67. The van der Waals surface area contributed by atoms with E-state index in [4.69, 9.17) is 39.3 Å². The number of hydrogen-bond donors (Lipinski definition) is 1. The summed E-state index contributed by atoms with van der Waals surface area (Å²) in [5, 5.41) is 12.0. The number of nitrogens with one attached hydrogen (secondary N) is 1. The highest BCUT2D eigenvalue weighted by atomic mass is 35.5. The van der Waals surface area contributed by atoms with Gasteiger partial charge in [-0.3, -0.25) is 9.48 Å². The number of halogens is 3. The zero-order valence-corrected chi connectivity index (χ0v) is 18.0. The van der Waals surface area contributed by atoms with Crippen molar-refractivity contribution < 1.29 is 9.32 Å². The van der Waals surface area contributed by atoms with Crippen LogP contribution in [0.1, 0.15) is 21.6 Å². The minimum Gasteiger partial charge on any atom is -0.355 e. The van der Waals surface area contributed by atoms with Gasteiger partial charge in [-0.2, -0.15) is 5.10 Å². The van der Waals surface area contributed by atoms with Crippen LogP contribution in [0.4, 0.5) is 5.82 Å². The standard InChI is InChI=1S/C21H15Cl3N4O2/c1-12-2-5-14(6-3-12)19-9-18(27-30-19)21(29)25-20-17(24)11-28(26-20)10-13-4-7-15(22)16(23)8-13/h2-9,11H,10H2,1H3,(H,25,26,29). The van der Waals surface area contributed by atoms with Crippen molar-refractivity contribution >= 4 is 46.5 Å². The number of carbonyl (C=O) groups is 1. The molecule has 0 atom stereocenters. The molecule has 1 N–H and O–H groups in total. The number of rotatable bonds is 5. The van der Waals surface area contributed by atoms with Gasteiger partial charge in [-0.15, -0.1) is 0 Å². The van der Waals surface area contributed by atoms with Crippen LogP contribution in [0.5, 0.6) is 0 Å². The topological polar surface area (TPSA) is 73.0 Å². The molecule has 2 aromatic carbocycles. The largest absolute Gasteiger partial charge is 0.355 e. The summed E-state index contributed by atoms with van der Waals surface area (Å²) in [4.78, 5) is 12.5. The molecule has 0 fully saturated rings. The number of nitrogens with zero attached hydrogens (tertiary/aromatic N) is 3. The molecule has 0 saturated heterocycles. The first-order valence-corrected chi connectivity index (χ1v) is 10.0. The molecule has 0 aliphatic rings. The Kier molecular flexibility index (Phi) is 5.81. The molecule has 2 aromatic heterocycles. The number of anilines is 1. The van der Waals surface area contributed by atoms with Crippen molar-refractivity contribution in [2.24, 2.45) is 0 Å². The lowest BCUT2D eigenvalue weighted by molar-refractivity contribution is 0.101. The van der Waals surface area contributed by atoms with Crippen LogP contribution < -0.4 is 5.32 Å². The van der Waals surface area contributed by atoms with Crippen LogP contribution in [0.15, 0.2) is 59.3 Å². The molecule has 0 unspecified atom stereocenters. The van der Waals surface area contributed by atoms with E-state index in [1.807, 2.05) is 37.3 Å². The summed E-state index contributed by atoms with van der Waals surface area (Å²) in [6.45, 7) is 2.40. The molecular formula is C21H15Cl3N4O2. The molecule has 2 heterocycles. The van der Waals surface area contributed by atoms with Crippen LogP contribution >= 0.6 is 34.8 Å². The molecule has 0 saturated carbocycles. The summed E-state index contributed by atoms with van der Waals surface area (Å²) >= 11 is 18.2. The Morgan fingerprint density at radius 1 is 1.03 bits per heavy atom. The average molecular weight is 462 g/mol. The van der Waals surface area contributed by atoms with E-state index < -0.39 is 5.91 Å². The molecule has 9 heteroatoms. The van der Waals surface area contributed by atoms with Gasteiger partial charge in [-0.05, 0) is 24.6 Å². The van der Waals surface area contributed by atoms with Crippen molar-refractivity contribution in [3.05, 3.63) is 86.6 Å². The molecule has 0 radical (unpaired) electrons. The van der Waals surface area contributed by atoms with Gasteiger partial charge in [0.2, 0.25) is 0 Å². The predicted molar refractivity (Wildman–Crippen MR) is 117 cm³/mol. The summed E-state index contributed by atoms with van der Waals surface area (Å²) in [7, 11) is 0. The lowest BCUT2D eigenvalue weighted by atomic mass is 10.1. The fourth-order valence-corrected chi connectivity index (χ4v) is 3.31. The Labute approximate surface area is 187 Å². The third kappa shape index (κ3) is 4.51. The van der Waals surface area contributed by atoms with Gasteiger partial charge >= 0.3 is 0 Å². The van der Waals surface area contributed by atoms with E-state index in [0.717, 1.165) is 16.7 Å². The van der Waals surface area contributed by atoms with Crippen molar-refractivity contribution in [3.8, 4) is 11.3 Å². The summed E-state index contributed by atoms with van der Waals surface area (Å²) < 4.78 is 6.89. The molecule has 30 heavy (non-hydrogen) atoms. The van der Waals surface area contributed by atoms with E-state index >= 15 is 0 Å². The molecule has 152 valence electrons. The smallest absolute Gasteiger partial charge is 0.279 e. The number of hydrogen-bond acceptors (Lipinski definition) is 4. The highest BCUT2D eigenvalue weighted by molar-refractivity contribution is 6.42. The van der Waals surface area contributed by atoms with Crippen molar-refractivity contribution in [1.82, 2.24) is 14.9 Å². The highest BCUT2D eigenvalue weighted by Crippen LogP contribution is 2.25. The minimum absolute atomic E-state index is 0.126. The molecule has 1 amide bonds. The number of benzene rings is 2. The molecular weight excluding hydrogens is 447 g/mol. The summed E-state index contributed by atoms with van der Waals surface area (Å²) in [5.41, 5.74) is 2.97. The Bertz CT molecular complexity index is 1220. The fourth-order valence-electron chi connectivity index (χ4n) is 2.80. The van der Waals surface area contributed by atoms with Crippen LogP contribution in [0, 0.1) is 6.92 Å². The normalized spacial score (nSPS) is 10.9. The van der Waals surface area contributed by atoms with Gasteiger partial charge in [-0.25, -0.2) is 0 Å². The molecule has 0 aliphatic carbocycles. The third-order valence-corrected chi connectivity index (χ3v) is 5.37. The zero-order valence-electron chi connectivity index (χ0n) is 15.7. The number of carbonyl (C=O) groups excluding carboxylic acids is 1. The van der Waals surface area contributed by atoms with Crippen molar-refractivity contribution in [2.75, 3.05) is 5.32 Å². The van der Waals surface area contributed by atoms with Crippen LogP contribution in [0.3, 0.4) is 0 Å². The van der Waals surface area contributed by atoms with Crippen LogP contribution in [0.25, 0.3) is 11.3 Å². The van der Waals surface area contributed by atoms with Gasteiger partial charge in [0, 0.05) is 17.8 Å². The monoisotopic (exact) mass is 460 g/mol. The van der Waals surface area contributed by atoms with Gasteiger partial charge in [0.15, 0.2) is 17.3 Å². The first kappa shape index (κ1) is 20.5. The van der Waals surface area contributed by atoms with E-state index in [1.54, 1.807) is 29.1 Å². The Morgan fingerprint density at radius 3 is 2.53 bits per heavy atom. The maximum atomic E-state index is 12.5. The van der Waals surface area contributed by atoms with E-state index in [-0.39, 0.29) is 11.5 Å². The summed E-state index contributed by atoms with van der Waals surface area (Å²) in [6.07, 6.45) is 1.61. The quantitative estimate of drug-likeness (QED) is 0.389. The molecule has 4 aromatic rings. The van der Waals surface area contributed by atoms with Crippen LogP contribution in [0.2, 0.25) is 15.1 Å². The third-order valence-electron chi connectivity index (χ3n) is 4.36. The van der Waals surface area contributed by atoms with E-state index in [9.17, 15) is 4.79 Å². The number of aromatic nitrogens is 3. The van der Waals surface area contributed by atoms with Gasteiger partial charge in [-0.1, -0.05) is 75.9 Å². The molecule has 0 spiro atoms. The lowest BCUT2D eigenvalue weighted by Crippen LogP contribution is -2.13. The van der Waals surface area contributed by atoms with Crippen LogP contribution in [-0.4, -0.2) is 20.8 Å². The lowest BCUT2D eigenvalue weighted by Gasteiger charge is -2.03. The van der Waals surface area contributed by atoms with Gasteiger partial charge in [0.1, 0.15) is 5.02 Å².